The van der Waals surface area contributed by atoms with Crippen molar-refractivity contribution in [1.82, 2.24) is 0 Å². The van der Waals surface area contributed by atoms with Crippen LogP contribution in [0.2, 0.25) is 0 Å². The summed E-state index contributed by atoms with van der Waals surface area (Å²) >= 11 is 3.34. The third kappa shape index (κ3) is 2.78. The number of hydrogen-bond acceptors (Lipinski definition) is 4. The summed E-state index contributed by atoms with van der Waals surface area (Å²) in [5.74, 6) is 0.561. The third-order valence-corrected chi connectivity index (χ3v) is 3.15. The van der Waals surface area contributed by atoms with Crippen LogP contribution >= 0.6 is 15.9 Å². The molecular weight excluding hydrogens is 324 g/mol. The molecule has 0 aliphatic carbocycles. The van der Waals surface area contributed by atoms with Crippen LogP contribution in [0.25, 0.3) is 0 Å². The van der Waals surface area contributed by atoms with Gasteiger partial charge in [-0.05, 0) is 42.8 Å². The van der Waals surface area contributed by atoms with Crippen molar-refractivity contribution >= 4 is 21.6 Å². The molecule has 2 aromatic rings. The van der Waals surface area contributed by atoms with Gasteiger partial charge in [0, 0.05) is 4.47 Å². The lowest BCUT2D eigenvalue weighted by atomic mass is 10.2. The molecule has 0 unspecified atom stereocenters. The molecule has 0 aliphatic rings. The van der Waals surface area contributed by atoms with Gasteiger partial charge in [-0.15, -0.1) is 0 Å². The molecule has 0 N–H and O–H groups in total. The molecule has 0 fully saturated rings. The highest BCUT2D eigenvalue weighted by atomic mass is 79.9. The fourth-order valence-electron chi connectivity index (χ4n) is 1.73. The van der Waals surface area contributed by atoms with Gasteiger partial charge in [0.15, 0.2) is 0 Å². The van der Waals surface area contributed by atoms with Gasteiger partial charge < -0.3 is 4.74 Å². The molecule has 2 aromatic carbocycles. The monoisotopic (exact) mass is 332 g/mol. The molecule has 0 radical (unpaired) electrons. The van der Waals surface area contributed by atoms with E-state index in [1.165, 1.54) is 12.1 Å². The third-order valence-electron chi connectivity index (χ3n) is 2.66. The predicted octanol–water partition coefficient (Wildman–Crippen LogP) is 4.33. The first-order chi connectivity index (χ1) is 9.52. The molecule has 0 atom stereocenters. The number of ether oxygens (including phenoxy) is 1. The average Bonchev–Trinajstić information content (AvgIpc) is 2.41. The smallest absolute Gasteiger partial charge is 0.329 e. The lowest BCUT2D eigenvalue weighted by Crippen LogP contribution is -1.97. The van der Waals surface area contributed by atoms with Crippen LogP contribution in [0.3, 0.4) is 0 Å². The molecule has 0 saturated carbocycles. The SMILES string of the molecule is Cc1cc(Br)ccc1Oc1cccc(C#N)c1[N+](=O)[O-]. The molecule has 0 spiro atoms. The number of para-hydroxylation sites is 1. The minimum atomic E-state index is -0.609. The zero-order valence-corrected chi connectivity index (χ0v) is 12.0. The second-order valence-corrected chi connectivity index (χ2v) is 4.95. The maximum atomic E-state index is 11.1. The standard InChI is InChI=1S/C14H9BrN2O3/c1-9-7-11(15)5-6-12(9)20-13-4-2-3-10(8-16)14(13)17(18)19/h2-7H,1H3. The van der Waals surface area contributed by atoms with E-state index in [0.29, 0.717) is 5.75 Å². The average molecular weight is 333 g/mol. The predicted molar refractivity (Wildman–Crippen MR) is 76.8 cm³/mol. The lowest BCUT2D eigenvalue weighted by molar-refractivity contribution is -0.385. The van der Waals surface area contributed by atoms with Gasteiger partial charge in [0.25, 0.3) is 0 Å². The first-order valence-electron chi connectivity index (χ1n) is 5.64. The molecule has 0 amide bonds. The first kappa shape index (κ1) is 14.0. The van der Waals surface area contributed by atoms with Crippen molar-refractivity contribution in [1.29, 1.82) is 5.26 Å². The molecule has 5 nitrogen and oxygen atoms in total. The van der Waals surface area contributed by atoms with E-state index in [-0.39, 0.29) is 17.0 Å². The van der Waals surface area contributed by atoms with Crippen LogP contribution in [-0.2, 0) is 0 Å². The van der Waals surface area contributed by atoms with Crippen molar-refractivity contribution in [3.63, 3.8) is 0 Å². The molecule has 20 heavy (non-hydrogen) atoms. The first-order valence-corrected chi connectivity index (χ1v) is 6.43. The zero-order chi connectivity index (χ0) is 14.7. The summed E-state index contributed by atoms with van der Waals surface area (Å²) in [7, 11) is 0. The highest BCUT2D eigenvalue weighted by Crippen LogP contribution is 2.35. The van der Waals surface area contributed by atoms with Crippen LogP contribution in [0.15, 0.2) is 40.9 Å². The summed E-state index contributed by atoms with van der Waals surface area (Å²) < 4.78 is 6.48. The summed E-state index contributed by atoms with van der Waals surface area (Å²) in [4.78, 5) is 10.5. The summed E-state index contributed by atoms with van der Waals surface area (Å²) in [5.41, 5.74) is 0.482. The van der Waals surface area contributed by atoms with Gasteiger partial charge in [-0.3, -0.25) is 10.1 Å². The van der Waals surface area contributed by atoms with Gasteiger partial charge >= 0.3 is 5.69 Å². The number of nitrogens with zero attached hydrogens (tertiary/aromatic N) is 2. The Morgan fingerprint density at radius 3 is 2.65 bits per heavy atom. The molecule has 0 heterocycles. The van der Waals surface area contributed by atoms with Crippen LogP contribution < -0.4 is 4.74 Å². The van der Waals surface area contributed by atoms with Gasteiger partial charge in [-0.1, -0.05) is 22.0 Å². The summed E-state index contributed by atoms with van der Waals surface area (Å²) in [6.07, 6.45) is 0. The number of nitro benzene ring substituents is 1. The normalized spacial score (nSPS) is 9.85. The van der Waals surface area contributed by atoms with E-state index in [2.05, 4.69) is 15.9 Å². The number of nitriles is 1. The largest absolute Gasteiger partial charge is 0.450 e. The minimum absolute atomic E-state index is 0.0257. The van der Waals surface area contributed by atoms with Crippen molar-refractivity contribution < 1.29 is 9.66 Å². The van der Waals surface area contributed by atoms with E-state index in [1.54, 1.807) is 24.3 Å². The number of nitro groups is 1. The van der Waals surface area contributed by atoms with Crippen molar-refractivity contribution in [2.45, 2.75) is 6.92 Å². The summed E-state index contributed by atoms with van der Waals surface area (Å²) in [6.45, 7) is 1.83. The van der Waals surface area contributed by atoms with Gasteiger partial charge in [0.1, 0.15) is 17.4 Å². The quantitative estimate of drug-likeness (QED) is 0.619. The number of aryl methyl sites for hydroxylation is 1. The van der Waals surface area contributed by atoms with Crippen molar-refractivity contribution in [2.24, 2.45) is 0 Å². The van der Waals surface area contributed by atoms with Crippen LogP contribution in [-0.4, -0.2) is 4.92 Å². The Kier molecular flexibility index (Phi) is 4.01. The molecule has 0 bridgehead atoms. The topological polar surface area (TPSA) is 76.2 Å². The Balaban J connectivity index is 2.49. The van der Waals surface area contributed by atoms with E-state index in [1.807, 2.05) is 13.0 Å². The van der Waals surface area contributed by atoms with Gasteiger partial charge in [-0.2, -0.15) is 5.26 Å². The minimum Gasteiger partial charge on any atom is -0.450 e. The number of benzene rings is 2. The fourth-order valence-corrected chi connectivity index (χ4v) is 2.20. The van der Waals surface area contributed by atoms with Gasteiger partial charge in [0.2, 0.25) is 5.75 Å². The zero-order valence-electron chi connectivity index (χ0n) is 10.5. The van der Waals surface area contributed by atoms with Crippen LogP contribution in [0.5, 0.6) is 11.5 Å². The van der Waals surface area contributed by atoms with Crippen molar-refractivity contribution in [3.05, 3.63) is 62.1 Å². The van der Waals surface area contributed by atoms with Crippen LogP contribution in [0, 0.1) is 28.4 Å². The van der Waals surface area contributed by atoms with E-state index < -0.39 is 4.92 Å². The van der Waals surface area contributed by atoms with E-state index >= 15 is 0 Å². The van der Waals surface area contributed by atoms with E-state index in [9.17, 15) is 10.1 Å². The molecule has 6 heteroatoms. The molecular formula is C14H9BrN2O3. The Bertz CT molecular complexity index is 723. The lowest BCUT2D eigenvalue weighted by Gasteiger charge is -2.09. The van der Waals surface area contributed by atoms with Crippen molar-refractivity contribution in [2.75, 3.05) is 0 Å². The molecule has 2 rings (SSSR count). The van der Waals surface area contributed by atoms with Crippen LogP contribution in [0.4, 0.5) is 5.69 Å². The number of halogens is 1. The maximum absolute atomic E-state index is 11.1. The number of rotatable bonds is 3. The van der Waals surface area contributed by atoms with E-state index in [0.717, 1.165) is 10.0 Å². The molecule has 0 aliphatic heterocycles. The Labute approximate surface area is 123 Å². The second kappa shape index (κ2) is 5.72. The molecule has 100 valence electrons. The van der Waals surface area contributed by atoms with Gasteiger partial charge in [-0.25, -0.2) is 0 Å². The van der Waals surface area contributed by atoms with E-state index in [4.69, 9.17) is 10.00 Å². The Morgan fingerprint density at radius 1 is 1.30 bits per heavy atom. The maximum Gasteiger partial charge on any atom is 0.329 e. The van der Waals surface area contributed by atoms with Crippen molar-refractivity contribution in [3.8, 4) is 17.6 Å². The number of hydrogen-bond donors (Lipinski definition) is 0. The Hall–Kier alpha value is -2.39. The fraction of sp³-hybridized carbons (Fsp3) is 0.0714. The summed E-state index contributed by atoms with van der Waals surface area (Å²) in [5, 5.41) is 20.0. The molecule has 0 aromatic heterocycles. The Morgan fingerprint density at radius 2 is 2.05 bits per heavy atom. The molecule has 0 saturated heterocycles. The highest BCUT2D eigenvalue weighted by molar-refractivity contribution is 9.10. The van der Waals surface area contributed by atoms with Gasteiger partial charge in [0.05, 0.1) is 4.92 Å². The second-order valence-electron chi connectivity index (χ2n) is 4.03. The summed E-state index contributed by atoms with van der Waals surface area (Å²) in [6, 6.07) is 11.5. The van der Waals surface area contributed by atoms with Crippen LogP contribution in [0.1, 0.15) is 11.1 Å². The highest BCUT2D eigenvalue weighted by Gasteiger charge is 2.21.